The van der Waals surface area contributed by atoms with Gasteiger partial charge in [-0.3, -0.25) is 0 Å². The first-order valence-corrected chi connectivity index (χ1v) is 7.34. The van der Waals surface area contributed by atoms with Gasteiger partial charge < -0.3 is 10.6 Å². The lowest BCUT2D eigenvalue weighted by molar-refractivity contribution is -0.185. The van der Waals surface area contributed by atoms with Crippen molar-refractivity contribution in [1.29, 1.82) is 5.26 Å². The minimum atomic E-state index is -4.05. The van der Waals surface area contributed by atoms with Crippen LogP contribution in [0.2, 0.25) is 0 Å². The van der Waals surface area contributed by atoms with Crippen molar-refractivity contribution in [2.24, 2.45) is 17.6 Å². The number of alkyl halides is 3. The van der Waals surface area contributed by atoms with Gasteiger partial charge in [0.15, 0.2) is 0 Å². The fraction of sp³-hybridized carbons (Fsp3) is 0.929. The third-order valence-electron chi connectivity index (χ3n) is 4.92. The third-order valence-corrected chi connectivity index (χ3v) is 4.92. The summed E-state index contributed by atoms with van der Waals surface area (Å²) < 4.78 is 37.7. The Balaban J connectivity index is 1.76. The van der Waals surface area contributed by atoms with Gasteiger partial charge in [-0.15, -0.1) is 0 Å². The van der Waals surface area contributed by atoms with Crippen molar-refractivity contribution in [2.75, 3.05) is 19.6 Å². The van der Waals surface area contributed by atoms with E-state index in [1.807, 2.05) is 0 Å². The molecule has 2 N–H and O–H groups in total. The predicted molar refractivity (Wildman–Crippen MR) is 69.7 cm³/mol. The van der Waals surface area contributed by atoms with Gasteiger partial charge >= 0.3 is 6.18 Å². The number of nitrogens with zero attached hydrogens (tertiary/aromatic N) is 2. The number of piperidine rings is 1. The highest BCUT2D eigenvalue weighted by Gasteiger charge is 2.42. The monoisotopic (exact) mass is 289 g/mol. The second kappa shape index (κ2) is 5.90. The maximum Gasteiger partial charge on any atom is 0.391 e. The molecule has 1 saturated carbocycles. The van der Waals surface area contributed by atoms with E-state index in [1.165, 1.54) is 0 Å². The molecule has 0 amide bonds. The second-order valence-corrected chi connectivity index (χ2v) is 6.19. The second-order valence-electron chi connectivity index (χ2n) is 6.19. The van der Waals surface area contributed by atoms with Crippen molar-refractivity contribution in [3.63, 3.8) is 0 Å². The van der Waals surface area contributed by atoms with Crippen molar-refractivity contribution in [1.82, 2.24) is 4.90 Å². The van der Waals surface area contributed by atoms with Gasteiger partial charge in [-0.05, 0) is 57.7 Å². The largest absolute Gasteiger partial charge is 0.391 e. The molecule has 2 unspecified atom stereocenters. The molecule has 1 aliphatic heterocycles. The Morgan fingerprint density at radius 2 is 1.90 bits per heavy atom. The average molecular weight is 289 g/mol. The van der Waals surface area contributed by atoms with Crippen LogP contribution in [-0.2, 0) is 0 Å². The van der Waals surface area contributed by atoms with Crippen LogP contribution in [0.15, 0.2) is 0 Å². The Bertz CT molecular complexity index is 369. The van der Waals surface area contributed by atoms with Crippen molar-refractivity contribution < 1.29 is 13.2 Å². The van der Waals surface area contributed by atoms with E-state index in [-0.39, 0.29) is 18.8 Å². The summed E-state index contributed by atoms with van der Waals surface area (Å²) in [5.41, 5.74) is 5.35. The van der Waals surface area contributed by atoms with E-state index in [4.69, 9.17) is 11.0 Å². The van der Waals surface area contributed by atoms with Crippen LogP contribution < -0.4 is 5.73 Å². The Kier molecular flexibility index (Phi) is 4.60. The summed E-state index contributed by atoms with van der Waals surface area (Å²) in [6, 6.07) is 2.22. The molecule has 0 aromatic carbocycles. The number of hydrogen-bond donors (Lipinski definition) is 1. The molecule has 20 heavy (non-hydrogen) atoms. The lowest BCUT2D eigenvalue weighted by Gasteiger charge is -2.34. The maximum atomic E-state index is 12.6. The molecule has 2 fully saturated rings. The Morgan fingerprint density at radius 1 is 1.25 bits per heavy atom. The zero-order valence-electron chi connectivity index (χ0n) is 11.6. The summed E-state index contributed by atoms with van der Waals surface area (Å²) in [4.78, 5) is 2.08. The van der Waals surface area contributed by atoms with Crippen LogP contribution in [0.25, 0.3) is 0 Å². The molecule has 1 aliphatic carbocycles. The molecule has 1 heterocycles. The topological polar surface area (TPSA) is 53.1 Å². The summed E-state index contributed by atoms with van der Waals surface area (Å²) in [7, 11) is 0. The molecule has 0 aromatic rings. The van der Waals surface area contributed by atoms with E-state index in [9.17, 15) is 13.2 Å². The van der Waals surface area contributed by atoms with Crippen molar-refractivity contribution in [2.45, 2.75) is 50.2 Å². The molecular weight excluding hydrogens is 267 g/mol. The lowest BCUT2D eigenvalue weighted by Crippen LogP contribution is -2.44. The molecule has 2 aliphatic rings. The molecule has 6 heteroatoms. The van der Waals surface area contributed by atoms with Gasteiger partial charge in [0, 0.05) is 0 Å². The first-order chi connectivity index (χ1) is 9.35. The van der Waals surface area contributed by atoms with Gasteiger partial charge in [0.05, 0.1) is 12.0 Å². The highest BCUT2D eigenvalue weighted by Crippen LogP contribution is 2.37. The predicted octanol–water partition coefficient (Wildman–Crippen LogP) is 2.67. The summed E-state index contributed by atoms with van der Waals surface area (Å²) >= 11 is 0. The number of nitrogens with two attached hydrogens (primary N) is 1. The van der Waals surface area contributed by atoms with Crippen molar-refractivity contribution >= 4 is 0 Å². The lowest BCUT2D eigenvalue weighted by atomic mass is 9.86. The van der Waals surface area contributed by atoms with Gasteiger partial charge in [0.25, 0.3) is 0 Å². The highest BCUT2D eigenvalue weighted by molar-refractivity contribution is 5.11. The smallest absolute Gasteiger partial charge is 0.313 e. The fourth-order valence-electron chi connectivity index (χ4n) is 3.47. The van der Waals surface area contributed by atoms with Crippen LogP contribution in [-0.4, -0.2) is 36.2 Å². The molecule has 2 rings (SSSR count). The molecule has 0 bridgehead atoms. The first kappa shape index (κ1) is 15.6. The molecule has 2 atom stereocenters. The minimum absolute atomic E-state index is 0.188. The zero-order valence-corrected chi connectivity index (χ0v) is 11.6. The van der Waals surface area contributed by atoms with E-state index in [1.54, 1.807) is 0 Å². The number of nitriles is 1. The van der Waals surface area contributed by atoms with Crippen molar-refractivity contribution in [3.8, 4) is 6.07 Å². The van der Waals surface area contributed by atoms with Crippen LogP contribution >= 0.6 is 0 Å². The van der Waals surface area contributed by atoms with Crippen LogP contribution in [0.1, 0.15) is 38.5 Å². The average Bonchev–Trinajstić information content (AvgIpc) is 2.78. The number of halogens is 3. The van der Waals surface area contributed by atoms with Gasteiger partial charge in [-0.1, -0.05) is 6.42 Å². The molecule has 0 radical (unpaired) electrons. The maximum absolute atomic E-state index is 12.6. The number of rotatable bonds is 3. The minimum Gasteiger partial charge on any atom is -0.313 e. The van der Waals surface area contributed by atoms with Crippen LogP contribution in [0.5, 0.6) is 0 Å². The van der Waals surface area contributed by atoms with E-state index < -0.39 is 17.6 Å². The Labute approximate surface area is 117 Å². The summed E-state index contributed by atoms with van der Waals surface area (Å²) in [5, 5.41) is 9.14. The van der Waals surface area contributed by atoms with Crippen LogP contribution in [0.3, 0.4) is 0 Å². The molecule has 0 aromatic heterocycles. The van der Waals surface area contributed by atoms with Gasteiger partial charge in [0.1, 0.15) is 5.54 Å². The van der Waals surface area contributed by atoms with Gasteiger partial charge in [-0.25, -0.2) is 0 Å². The molecule has 1 saturated heterocycles. The van der Waals surface area contributed by atoms with E-state index in [2.05, 4.69) is 11.0 Å². The van der Waals surface area contributed by atoms with E-state index in [0.717, 1.165) is 32.2 Å². The number of likely N-dealkylation sites (tertiary alicyclic amines) is 1. The van der Waals surface area contributed by atoms with Crippen LogP contribution in [0, 0.1) is 23.2 Å². The summed E-state index contributed by atoms with van der Waals surface area (Å²) in [5.74, 6) is -0.953. The fourth-order valence-corrected chi connectivity index (χ4v) is 3.47. The molecule has 114 valence electrons. The Morgan fingerprint density at radius 3 is 2.45 bits per heavy atom. The summed E-state index contributed by atoms with van der Waals surface area (Å²) in [6.07, 6.45) is -0.163. The molecule has 0 spiro atoms. The zero-order chi connectivity index (χ0) is 14.8. The molecule has 3 nitrogen and oxygen atoms in total. The van der Waals surface area contributed by atoms with Gasteiger partial charge in [-0.2, -0.15) is 18.4 Å². The third kappa shape index (κ3) is 3.44. The summed E-state index contributed by atoms with van der Waals surface area (Å²) in [6.45, 7) is 1.76. The van der Waals surface area contributed by atoms with E-state index in [0.29, 0.717) is 13.1 Å². The normalized spacial score (nSPS) is 33.2. The van der Waals surface area contributed by atoms with E-state index >= 15 is 0 Å². The Hall–Kier alpha value is -0.800. The SMILES string of the molecule is N#CC1(N)CCCC1CCN1CCC(C(F)(F)F)CC1. The first-order valence-electron chi connectivity index (χ1n) is 7.34. The highest BCUT2D eigenvalue weighted by atomic mass is 19.4. The van der Waals surface area contributed by atoms with Gasteiger partial charge in [0.2, 0.25) is 0 Å². The van der Waals surface area contributed by atoms with Crippen molar-refractivity contribution in [3.05, 3.63) is 0 Å². The van der Waals surface area contributed by atoms with Crippen LogP contribution in [0.4, 0.5) is 13.2 Å². The number of hydrogen-bond acceptors (Lipinski definition) is 3. The quantitative estimate of drug-likeness (QED) is 0.869. The standard InChI is InChI=1S/C14H22F3N3/c15-14(16,17)12-4-8-20(9-5-12)7-3-11-2-1-6-13(11,19)10-18/h11-12H,1-9,19H2. The molecular formula is C14H22F3N3.